The lowest BCUT2D eigenvalue weighted by Crippen LogP contribution is -2.28. The van der Waals surface area contributed by atoms with Crippen molar-refractivity contribution in [3.05, 3.63) is 46.5 Å². The zero-order valence-corrected chi connectivity index (χ0v) is 17.6. The summed E-state index contributed by atoms with van der Waals surface area (Å²) in [6.45, 7) is 5.40. The molecular formula is C20H25FN6OS. The molecule has 0 saturated carbocycles. The minimum absolute atomic E-state index is 0.0510. The van der Waals surface area contributed by atoms with E-state index in [2.05, 4.69) is 26.0 Å². The minimum Gasteiger partial charge on any atom is -0.348 e. The van der Waals surface area contributed by atoms with Crippen LogP contribution in [-0.2, 0) is 0 Å². The van der Waals surface area contributed by atoms with Crippen molar-refractivity contribution in [2.75, 3.05) is 25.5 Å². The molecule has 1 amide bonds. The molecule has 0 aliphatic carbocycles. The van der Waals surface area contributed by atoms with Crippen molar-refractivity contribution in [2.45, 2.75) is 32.7 Å². The molecule has 1 aliphatic rings. The van der Waals surface area contributed by atoms with Gasteiger partial charge in [0, 0.05) is 24.2 Å². The fourth-order valence-electron chi connectivity index (χ4n) is 3.27. The van der Waals surface area contributed by atoms with Crippen molar-refractivity contribution < 1.29 is 9.18 Å². The summed E-state index contributed by atoms with van der Waals surface area (Å²) in [4.78, 5) is 28.9. The number of anilines is 1. The molecule has 0 radical (unpaired) electrons. The quantitative estimate of drug-likeness (QED) is 0.675. The average molecular weight is 417 g/mol. The number of aryl methyl sites for hydroxylation is 1. The van der Waals surface area contributed by atoms with Crippen molar-refractivity contribution in [3.8, 4) is 0 Å². The molecule has 4 rings (SSSR count). The number of nitrogens with zero attached hydrogens (tertiary/aromatic N) is 4. The fourth-order valence-corrected chi connectivity index (χ4v) is 4.20. The Kier molecular flexibility index (Phi) is 6.71. The van der Waals surface area contributed by atoms with Gasteiger partial charge in [0.05, 0.1) is 22.5 Å². The summed E-state index contributed by atoms with van der Waals surface area (Å²) in [5, 5.41) is 3.18. The van der Waals surface area contributed by atoms with E-state index < -0.39 is 5.82 Å². The summed E-state index contributed by atoms with van der Waals surface area (Å²) in [7, 11) is 1.50. The SMILES string of the molecule is CN.Cc1cc2nc(N[C@@H](C)c3cncc(F)c3)nc(C(=O)N3CCCC3)c2s1. The molecule has 3 aromatic heterocycles. The lowest BCUT2D eigenvalue weighted by atomic mass is 10.1. The van der Waals surface area contributed by atoms with Gasteiger partial charge in [-0.15, -0.1) is 11.3 Å². The molecular weight excluding hydrogens is 391 g/mol. The van der Waals surface area contributed by atoms with E-state index in [1.54, 1.807) is 6.20 Å². The van der Waals surface area contributed by atoms with Crippen LogP contribution in [0.4, 0.5) is 10.3 Å². The van der Waals surface area contributed by atoms with Gasteiger partial charge in [0.2, 0.25) is 5.95 Å². The van der Waals surface area contributed by atoms with E-state index in [0.717, 1.165) is 41.0 Å². The van der Waals surface area contributed by atoms with Crippen LogP contribution in [-0.4, -0.2) is 45.9 Å². The number of fused-ring (bicyclic) bond motifs is 1. The van der Waals surface area contributed by atoms with Crippen LogP contribution in [0, 0.1) is 12.7 Å². The number of hydrogen-bond acceptors (Lipinski definition) is 7. The summed E-state index contributed by atoms with van der Waals surface area (Å²) in [6, 6.07) is 3.14. The highest BCUT2D eigenvalue weighted by molar-refractivity contribution is 7.19. The van der Waals surface area contributed by atoms with Crippen LogP contribution < -0.4 is 11.1 Å². The topological polar surface area (TPSA) is 97.0 Å². The van der Waals surface area contributed by atoms with Crippen LogP contribution in [0.5, 0.6) is 0 Å². The molecule has 0 aromatic carbocycles. The molecule has 7 nitrogen and oxygen atoms in total. The number of aromatic nitrogens is 3. The van der Waals surface area contributed by atoms with E-state index in [4.69, 9.17) is 0 Å². The molecule has 0 spiro atoms. The third kappa shape index (κ3) is 4.68. The molecule has 1 saturated heterocycles. The number of halogens is 1. The number of amides is 1. The number of carbonyl (C=O) groups is 1. The summed E-state index contributed by atoms with van der Waals surface area (Å²) in [5.74, 6) is -0.0830. The molecule has 9 heteroatoms. The van der Waals surface area contributed by atoms with E-state index in [9.17, 15) is 9.18 Å². The summed E-state index contributed by atoms with van der Waals surface area (Å²) < 4.78 is 14.3. The van der Waals surface area contributed by atoms with Gasteiger partial charge in [0.1, 0.15) is 5.82 Å². The first-order valence-corrected chi connectivity index (χ1v) is 10.3. The predicted molar refractivity (Wildman–Crippen MR) is 114 cm³/mol. The molecule has 4 heterocycles. The van der Waals surface area contributed by atoms with Crippen molar-refractivity contribution in [3.63, 3.8) is 0 Å². The first-order valence-electron chi connectivity index (χ1n) is 9.53. The normalized spacial score (nSPS) is 14.4. The van der Waals surface area contributed by atoms with Gasteiger partial charge in [0.25, 0.3) is 5.91 Å². The van der Waals surface area contributed by atoms with Crippen LogP contribution in [0.3, 0.4) is 0 Å². The number of carbonyl (C=O) groups excluding carboxylic acids is 1. The molecule has 3 aromatic rings. The Morgan fingerprint density at radius 3 is 2.66 bits per heavy atom. The maximum atomic E-state index is 13.4. The first-order chi connectivity index (χ1) is 14.0. The van der Waals surface area contributed by atoms with Crippen LogP contribution in [0.25, 0.3) is 10.2 Å². The van der Waals surface area contributed by atoms with Gasteiger partial charge >= 0.3 is 0 Å². The molecule has 154 valence electrons. The predicted octanol–water partition coefficient (Wildman–Crippen LogP) is 3.52. The lowest BCUT2D eigenvalue weighted by Gasteiger charge is -2.17. The Labute approximate surface area is 173 Å². The molecule has 3 N–H and O–H groups in total. The Morgan fingerprint density at radius 2 is 1.97 bits per heavy atom. The summed E-state index contributed by atoms with van der Waals surface area (Å²) >= 11 is 1.53. The number of pyridine rings is 1. The van der Waals surface area contributed by atoms with Gasteiger partial charge in [-0.2, -0.15) is 0 Å². The molecule has 29 heavy (non-hydrogen) atoms. The molecule has 1 fully saturated rings. The number of hydrogen-bond donors (Lipinski definition) is 2. The maximum absolute atomic E-state index is 13.4. The highest BCUT2D eigenvalue weighted by Crippen LogP contribution is 2.29. The Bertz CT molecular complexity index is 1000. The van der Waals surface area contributed by atoms with E-state index >= 15 is 0 Å². The number of likely N-dealkylation sites (tertiary alicyclic amines) is 1. The average Bonchev–Trinajstić information content (AvgIpc) is 3.37. The van der Waals surface area contributed by atoms with Gasteiger partial charge in [-0.3, -0.25) is 9.78 Å². The Balaban J connectivity index is 0.00000117. The second kappa shape index (κ2) is 9.23. The van der Waals surface area contributed by atoms with Gasteiger partial charge in [-0.1, -0.05) is 0 Å². The van der Waals surface area contributed by atoms with Gasteiger partial charge in [0.15, 0.2) is 5.69 Å². The van der Waals surface area contributed by atoms with E-state index in [1.807, 2.05) is 24.8 Å². The van der Waals surface area contributed by atoms with Crippen molar-refractivity contribution in [2.24, 2.45) is 5.73 Å². The fraction of sp³-hybridized carbons (Fsp3) is 0.400. The number of rotatable bonds is 4. The Morgan fingerprint density at radius 1 is 1.24 bits per heavy atom. The van der Waals surface area contributed by atoms with Crippen LogP contribution in [0.2, 0.25) is 0 Å². The number of nitrogens with one attached hydrogen (secondary N) is 1. The zero-order valence-electron chi connectivity index (χ0n) is 16.8. The zero-order chi connectivity index (χ0) is 21.0. The van der Waals surface area contributed by atoms with Crippen LogP contribution in [0.1, 0.15) is 46.7 Å². The molecule has 1 atom stereocenters. The number of thiophene rings is 1. The molecule has 0 unspecified atom stereocenters. The second-order valence-electron chi connectivity index (χ2n) is 6.77. The van der Waals surface area contributed by atoms with Crippen LogP contribution >= 0.6 is 11.3 Å². The molecule has 1 aliphatic heterocycles. The largest absolute Gasteiger partial charge is 0.348 e. The molecule has 0 bridgehead atoms. The third-order valence-electron chi connectivity index (χ3n) is 4.66. The van der Waals surface area contributed by atoms with Crippen molar-refractivity contribution in [1.82, 2.24) is 19.9 Å². The number of nitrogens with two attached hydrogens (primary N) is 1. The highest BCUT2D eigenvalue weighted by atomic mass is 32.1. The van der Waals surface area contributed by atoms with Gasteiger partial charge in [-0.05, 0) is 51.4 Å². The minimum atomic E-state index is -0.393. The van der Waals surface area contributed by atoms with Crippen molar-refractivity contribution in [1.29, 1.82) is 0 Å². The van der Waals surface area contributed by atoms with Crippen LogP contribution in [0.15, 0.2) is 24.5 Å². The first kappa shape index (κ1) is 21.1. The lowest BCUT2D eigenvalue weighted by molar-refractivity contribution is 0.0789. The third-order valence-corrected chi connectivity index (χ3v) is 5.71. The summed E-state index contributed by atoms with van der Waals surface area (Å²) in [5.41, 5.74) is 6.38. The summed E-state index contributed by atoms with van der Waals surface area (Å²) in [6.07, 6.45) is 4.82. The van der Waals surface area contributed by atoms with E-state index in [1.165, 1.54) is 30.6 Å². The highest BCUT2D eigenvalue weighted by Gasteiger charge is 2.25. The second-order valence-corrected chi connectivity index (χ2v) is 8.03. The van der Waals surface area contributed by atoms with E-state index in [-0.39, 0.29) is 11.9 Å². The standard InChI is InChI=1S/C19H20FN5OS.CH5N/c1-11-7-15-17(27-11)16(18(26)25-5-3-4-6-25)24-19(23-15)22-12(2)13-8-14(20)10-21-9-13;1-2/h7-10,12H,3-6H2,1-2H3,(H,22,23,24);2H2,1H3/t12-;/m0./s1. The monoisotopic (exact) mass is 416 g/mol. The van der Waals surface area contributed by atoms with E-state index in [0.29, 0.717) is 17.2 Å². The van der Waals surface area contributed by atoms with Gasteiger partial charge < -0.3 is 16.0 Å². The maximum Gasteiger partial charge on any atom is 0.274 e. The Hall–Kier alpha value is -2.65. The smallest absolute Gasteiger partial charge is 0.274 e. The van der Waals surface area contributed by atoms with Gasteiger partial charge in [-0.25, -0.2) is 14.4 Å². The van der Waals surface area contributed by atoms with Crippen molar-refractivity contribution >= 4 is 33.4 Å².